The second kappa shape index (κ2) is 10.8. The zero-order chi connectivity index (χ0) is 17.8. The summed E-state index contributed by atoms with van der Waals surface area (Å²) in [5, 5.41) is 2.53. The molecule has 0 atom stereocenters. The van der Waals surface area contributed by atoms with E-state index in [4.69, 9.17) is 14.2 Å². The van der Waals surface area contributed by atoms with Gasteiger partial charge in [-0.2, -0.15) is 0 Å². The monoisotopic (exact) mass is 335 g/mol. The Bertz CT molecular complexity index is 568. The van der Waals surface area contributed by atoms with Gasteiger partial charge in [0.05, 0.1) is 12.7 Å². The van der Waals surface area contributed by atoms with E-state index >= 15 is 0 Å². The fraction of sp³-hybridized carbons (Fsp3) is 0.353. The van der Waals surface area contributed by atoms with Crippen LogP contribution < -0.4 is 10.1 Å². The lowest BCUT2D eigenvalue weighted by Crippen LogP contribution is -2.28. The molecule has 0 saturated heterocycles. The van der Waals surface area contributed by atoms with Gasteiger partial charge in [-0.3, -0.25) is 0 Å². The Morgan fingerprint density at radius 3 is 2.42 bits per heavy atom. The molecule has 0 unspecified atom stereocenters. The Morgan fingerprint density at radius 2 is 1.75 bits per heavy atom. The van der Waals surface area contributed by atoms with Crippen LogP contribution in [0.25, 0.3) is 0 Å². The van der Waals surface area contributed by atoms with E-state index in [1.54, 1.807) is 38.1 Å². The first kappa shape index (κ1) is 19.2. The molecule has 0 aromatic heterocycles. The van der Waals surface area contributed by atoms with Gasteiger partial charge in [0.15, 0.2) is 0 Å². The van der Waals surface area contributed by atoms with Gasteiger partial charge in [0.25, 0.3) is 0 Å². The number of rotatable bonds is 8. The summed E-state index contributed by atoms with van der Waals surface area (Å²) in [5.41, 5.74) is 0. The second-order valence-corrected chi connectivity index (χ2v) is 4.97. The topological polar surface area (TPSA) is 90.9 Å². The summed E-state index contributed by atoms with van der Waals surface area (Å²) in [4.78, 5) is 34.0. The Kier molecular flexibility index (Phi) is 8.67. The van der Waals surface area contributed by atoms with Crippen LogP contribution in [0.2, 0.25) is 0 Å². The Morgan fingerprint density at radius 1 is 1.08 bits per heavy atom. The van der Waals surface area contributed by atoms with E-state index in [9.17, 15) is 14.4 Å². The maximum absolute atomic E-state index is 11.5. The van der Waals surface area contributed by atoms with Gasteiger partial charge in [-0.15, -0.1) is 0 Å². The summed E-state index contributed by atoms with van der Waals surface area (Å²) in [6, 6.07) is 8.66. The van der Waals surface area contributed by atoms with E-state index < -0.39 is 18.0 Å². The molecule has 7 heteroatoms. The van der Waals surface area contributed by atoms with E-state index in [0.717, 1.165) is 12.2 Å². The predicted molar refractivity (Wildman–Crippen MR) is 86.4 cm³/mol. The molecule has 0 spiro atoms. The third-order valence-electron chi connectivity index (χ3n) is 2.50. The number of esters is 2. The van der Waals surface area contributed by atoms with Crippen molar-refractivity contribution in [1.29, 1.82) is 0 Å². The lowest BCUT2D eigenvalue weighted by molar-refractivity contribution is -0.142. The Balaban J connectivity index is 2.11. The lowest BCUT2D eigenvalue weighted by atomic mass is 10.3. The predicted octanol–water partition coefficient (Wildman–Crippen LogP) is 2.22. The maximum Gasteiger partial charge on any atom is 0.412 e. The van der Waals surface area contributed by atoms with Crippen LogP contribution in [0.15, 0.2) is 42.5 Å². The molecule has 0 heterocycles. The molecule has 0 bridgehead atoms. The molecule has 1 rings (SSSR count). The van der Waals surface area contributed by atoms with Crippen molar-refractivity contribution in [2.24, 2.45) is 0 Å². The van der Waals surface area contributed by atoms with Crippen molar-refractivity contribution in [3.8, 4) is 5.75 Å². The molecule has 1 N–H and O–H groups in total. The SMILES string of the molecule is CC(C)OC(=O)/C=C/C(=O)OCCCNC(=O)Oc1ccccc1. The number of amides is 1. The van der Waals surface area contributed by atoms with Gasteiger partial charge in [-0.25, -0.2) is 14.4 Å². The summed E-state index contributed by atoms with van der Waals surface area (Å²) in [6.45, 7) is 3.81. The molecule has 130 valence electrons. The number of hydrogen-bond acceptors (Lipinski definition) is 6. The van der Waals surface area contributed by atoms with Crippen LogP contribution in [0, 0.1) is 0 Å². The minimum Gasteiger partial charge on any atom is -0.462 e. The summed E-state index contributed by atoms with van der Waals surface area (Å²) in [6.07, 6.45) is 1.60. The molecule has 0 fully saturated rings. The standard InChI is InChI=1S/C17H21NO6/c1-13(2)23-16(20)10-9-15(19)22-12-6-11-18-17(21)24-14-7-4-3-5-8-14/h3-5,7-10,13H,6,11-12H2,1-2H3,(H,18,21)/b10-9+. The molecule has 1 aromatic rings. The van der Waals surface area contributed by atoms with Gasteiger partial charge in [0.1, 0.15) is 5.75 Å². The van der Waals surface area contributed by atoms with E-state index in [2.05, 4.69) is 5.32 Å². The van der Waals surface area contributed by atoms with Crippen LogP contribution in [0.4, 0.5) is 4.79 Å². The average Bonchev–Trinajstić information content (AvgIpc) is 2.53. The van der Waals surface area contributed by atoms with Gasteiger partial charge in [0, 0.05) is 18.7 Å². The molecule has 0 aliphatic heterocycles. The van der Waals surface area contributed by atoms with Crippen LogP contribution in [0.5, 0.6) is 5.75 Å². The van der Waals surface area contributed by atoms with Crippen LogP contribution in [-0.4, -0.2) is 37.3 Å². The third kappa shape index (κ3) is 9.24. The number of hydrogen-bond donors (Lipinski definition) is 1. The molecule has 7 nitrogen and oxygen atoms in total. The van der Waals surface area contributed by atoms with Gasteiger partial charge < -0.3 is 19.5 Å². The number of carbonyl (C=O) groups excluding carboxylic acids is 3. The van der Waals surface area contributed by atoms with E-state index in [1.807, 2.05) is 6.07 Å². The number of para-hydroxylation sites is 1. The van der Waals surface area contributed by atoms with Crippen LogP contribution in [0.1, 0.15) is 20.3 Å². The van der Waals surface area contributed by atoms with E-state index in [-0.39, 0.29) is 19.3 Å². The number of nitrogens with one attached hydrogen (secondary N) is 1. The molecule has 0 radical (unpaired) electrons. The van der Waals surface area contributed by atoms with Crippen molar-refractivity contribution < 1.29 is 28.6 Å². The second-order valence-electron chi connectivity index (χ2n) is 4.97. The lowest BCUT2D eigenvalue weighted by Gasteiger charge is -2.06. The normalized spacial score (nSPS) is 10.5. The Hall–Kier alpha value is -2.83. The van der Waals surface area contributed by atoms with Gasteiger partial charge >= 0.3 is 18.0 Å². The average molecular weight is 335 g/mol. The molecule has 0 saturated carbocycles. The summed E-state index contributed by atoms with van der Waals surface area (Å²) in [5.74, 6) is -0.810. The minimum absolute atomic E-state index is 0.105. The number of ether oxygens (including phenoxy) is 3. The zero-order valence-corrected chi connectivity index (χ0v) is 13.7. The molecular weight excluding hydrogens is 314 g/mol. The quantitative estimate of drug-likeness (QED) is 0.445. The highest BCUT2D eigenvalue weighted by Crippen LogP contribution is 2.07. The molecule has 24 heavy (non-hydrogen) atoms. The molecule has 1 amide bonds. The van der Waals surface area contributed by atoms with Crippen LogP contribution in [-0.2, 0) is 19.1 Å². The summed E-state index contributed by atoms with van der Waals surface area (Å²) >= 11 is 0. The van der Waals surface area contributed by atoms with Crippen molar-refractivity contribution in [2.45, 2.75) is 26.4 Å². The van der Waals surface area contributed by atoms with Crippen molar-refractivity contribution in [1.82, 2.24) is 5.32 Å². The first-order valence-electron chi connectivity index (χ1n) is 7.53. The van der Waals surface area contributed by atoms with E-state index in [1.165, 1.54) is 0 Å². The number of benzene rings is 1. The molecule has 1 aromatic carbocycles. The molecule has 0 aliphatic rings. The first-order chi connectivity index (χ1) is 11.5. The van der Waals surface area contributed by atoms with Crippen molar-refractivity contribution >= 4 is 18.0 Å². The minimum atomic E-state index is -0.650. The highest BCUT2D eigenvalue weighted by atomic mass is 16.6. The van der Waals surface area contributed by atoms with Crippen molar-refractivity contribution in [3.05, 3.63) is 42.5 Å². The van der Waals surface area contributed by atoms with Crippen molar-refractivity contribution in [2.75, 3.05) is 13.2 Å². The Labute approximate surface area is 140 Å². The zero-order valence-electron chi connectivity index (χ0n) is 13.7. The summed E-state index contributed by atoms with van der Waals surface area (Å²) in [7, 11) is 0. The third-order valence-corrected chi connectivity index (χ3v) is 2.50. The largest absolute Gasteiger partial charge is 0.462 e. The van der Waals surface area contributed by atoms with Gasteiger partial charge in [0.2, 0.25) is 0 Å². The van der Waals surface area contributed by atoms with Crippen LogP contribution >= 0.6 is 0 Å². The van der Waals surface area contributed by atoms with Gasteiger partial charge in [-0.05, 0) is 32.4 Å². The first-order valence-corrected chi connectivity index (χ1v) is 7.53. The molecule has 0 aliphatic carbocycles. The van der Waals surface area contributed by atoms with E-state index in [0.29, 0.717) is 12.2 Å². The highest BCUT2D eigenvalue weighted by molar-refractivity contribution is 5.91. The van der Waals surface area contributed by atoms with Crippen molar-refractivity contribution in [3.63, 3.8) is 0 Å². The summed E-state index contributed by atoms with van der Waals surface area (Å²) < 4.78 is 14.7. The van der Waals surface area contributed by atoms with Gasteiger partial charge in [-0.1, -0.05) is 18.2 Å². The smallest absolute Gasteiger partial charge is 0.412 e. The molecular formula is C17H21NO6. The fourth-order valence-corrected chi connectivity index (χ4v) is 1.52. The number of carbonyl (C=O) groups is 3. The maximum atomic E-state index is 11.5. The van der Waals surface area contributed by atoms with Crippen LogP contribution in [0.3, 0.4) is 0 Å². The fourth-order valence-electron chi connectivity index (χ4n) is 1.52. The highest BCUT2D eigenvalue weighted by Gasteiger charge is 2.04.